The van der Waals surface area contributed by atoms with Gasteiger partial charge < -0.3 is 4.18 Å². The van der Waals surface area contributed by atoms with Gasteiger partial charge in [-0.2, -0.15) is 13.5 Å². The monoisotopic (exact) mass is 386 g/mol. The van der Waals surface area contributed by atoms with Crippen molar-refractivity contribution in [1.29, 1.82) is 0 Å². The highest BCUT2D eigenvalue weighted by Gasteiger charge is 2.18. The molecule has 2 aromatic carbocycles. The van der Waals surface area contributed by atoms with E-state index in [-0.39, 0.29) is 11.8 Å². The van der Waals surface area contributed by atoms with Crippen LogP contribution in [0.3, 0.4) is 0 Å². The molecule has 3 rings (SSSR count). The third-order valence-electron chi connectivity index (χ3n) is 4.38. The number of hydrogen-bond acceptors (Lipinski definition) is 6. The molecule has 1 unspecified atom stereocenters. The van der Waals surface area contributed by atoms with E-state index in [0.717, 1.165) is 11.3 Å². The molecule has 1 aromatic heterocycles. The fourth-order valence-corrected chi connectivity index (χ4v) is 3.61. The van der Waals surface area contributed by atoms with Gasteiger partial charge in [-0.3, -0.25) is 4.90 Å². The van der Waals surface area contributed by atoms with Crippen LogP contribution in [-0.2, 0) is 10.1 Å². The number of aromatic nitrogens is 3. The van der Waals surface area contributed by atoms with Gasteiger partial charge in [0.2, 0.25) is 0 Å². The summed E-state index contributed by atoms with van der Waals surface area (Å²) in [6.45, 7) is 2.40. The maximum Gasteiger partial charge on any atom is 0.310 e. The molecule has 7 nitrogen and oxygen atoms in total. The summed E-state index contributed by atoms with van der Waals surface area (Å²) in [7, 11) is -1.75. The zero-order chi connectivity index (χ0) is 19.3. The summed E-state index contributed by atoms with van der Waals surface area (Å²) in [4.78, 5) is 5.92. The fourth-order valence-electron chi connectivity index (χ4n) is 2.62. The van der Waals surface area contributed by atoms with Crippen LogP contribution in [0.4, 0.5) is 0 Å². The molecule has 0 aliphatic rings. The van der Waals surface area contributed by atoms with Crippen LogP contribution in [0.5, 0.6) is 5.75 Å². The number of para-hydroxylation sites is 1. The number of benzene rings is 2. The van der Waals surface area contributed by atoms with E-state index in [1.807, 2.05) is 49.2 Å². The van der Waals surface area contributed by atoms with Crippen molar-refractivity contribution in [1.82, 2.24) is 19.7 Å². The predicted molar refractivity (Wildman–Crippen MR) is 103 cm³/mol. The Morgan fingerprint density at radius 1 is 1.11 bits per heavy atom. The quantitative estimate of drug-likeness (QED) is 0.554. The maximum absolute atomic E-state index is 12.2. The average Bonchev–Trinajstić information content (AvgIpc) is 3.21. The topological polar surface area (TPSA) is 77.3 Å². The van der Waals surface area contributed by atoms with Crippen LogP contribution in [0.2, 0.25) is 0 Å². The molecular weight excluding hydrogens is 364 g/mol. The van der Waals surface area contributed by atoms with E-state index in [1.165, 1.54) is 6.33 Å². The van der Waals surface area contributed by atoms with Crippen LogP contribution in [0.15, 0.2) is 67.3 Å². The van der Waals surface area contributed by atoms with Crippen molar-refractivity contribution >= 4 is 10.1 Å². The Hall–Kier alpha value is -2.71. The Kier molecular flexibility index (Phi) is 5.88. The second kappa shape index (κ2) is 8.32. The average molecular weight is 386 g/mol. The van der Waals surface area contributed by atoms with Crippen molar-refractivity contribution in [2.45, 2.75) is 13.0 Å². The van der Waals surface area contributed by atoms with E-state index < -0.39 is 10.1 Å². The molecule has 0 saturated heterocycles. The standard InChI is InChI=1S/C19H22N4O3S/c1-16(17-8-10-18(11-9-17)23-15-20-14-21-23)22(2)12-13-27(24,25)26-19-6-4-3-5-7-19/h3-11,14-16H,12-13H2,1-2H3. The third-order valence-corrected chi connectivity index (χ3v) is 5.51. The van der Waals surface area contributed by atoms with Crippen molar-refractivity contribution in [3.05, 3.63) is 72.8 Å². The van der Waals surface area contributed by atoms with Gasteiger partial charge in [0.05, 0.1) is 11.4 Å². The SMILES string of the molecule is CC(c1ccc(-n2cncn2)cc1)N(C)CCS(=O)(=O)Oc1ccccc1. The van der Waals surface area contributed by atoms with Crippen molar-refractivity contribution in [3.8, 4) is 11.4 Å². The molecule has 0 amide bonds. The van der Waals surface area contributed by atoms with Gasteiger partial charge in [0.1, 0.15) is 18.4 Å². The smallest absolute Gasteiger partial charge is 0.310 e. The van der Waals surface area contributed by atoms with Crippen molar-refractivity contribution < 1.29 is 12.6 Å². The van der Waals surface area contributed by atoms with Gasteiger partial charge in [-0.1, -0.05) is 30.3 Å². The van der Waals surface area contributed by atoms with Crippen LogP contribution < -0.4 is 4.18 Å². The molecule has 0 N–H and O–H groups in total. The zero-order valence-electron chi connectivity index (χ0n) is 15.3. The highest BCUT2D eigenvalue weighted by atomic mass is 32.2. The van der Waals surface area contributed by atoms with E-state index in [4.69, 9.17) is 4.18 Å². The van der Waals surface area contributed by atoms with Gasteiger partial charge in [-0.05, 0) is 43.8 Å². The Balaban J connectivity index is 1.58. The summed E-state index contributed by atoms with van der Waals surface area (Å²) in [5.41, 5.74) is 2.01. The van der Waals surface area contributed by atoms with Gasteiger partial charge in [0, 0.05) is 12.6 Å². The van der Waals surface area contributed by atoms with Gasteiger partial charge in [0.25, 0.3) is 0 Å². The zero-order valence-corrected chi connectivity index (χ0v) is 16.1. The summed E-state index contributed by atoms with van der Waals surface area (Å²) in [6, 6.07) is 16.5. The minimum atomic E-state index is -3.64. The Morgan fingerprint density at radius 2 is 1.81 bits per heavy atom. The summed E-state index contributed by atoms with van der Waals surface area (Å²) < 4.78 is 31.2. The number of nitrogens with zero attached hydrogens (tertiary/aromatic N) is 4. The van der Waals surface area contributed by atoms with Crippen LogP contribution in [0.25, 0.3) is 5.69 Å². The summed E-state index contributed by atoms with van der Waals surface area (Å²) in [5, 5.41) is 4.10. The third kappa shape index (κ3) is 5.15. The fraction of sp³-hybridized carbons (Fsp3) is 0.263. The largest absolute Gasteiger partial charge is 0.382 e. The molecule has 1 heterocycles. The molecule has 3 aromatic rings. The first-order chi connectivity index (χ1) is 12.9. The van der Waals surface area contributed by atoms with Crippen molar-refractivity contribution in [2.75, 3.05) is 19.3 Å². The first-order valence-electron chi connectivity index (χ1n) is 8.57. The first-order valence-corrected chi connectivity index (χ1v) is 10.1. The number of rotatable bonds is 8. The van der Waals surface area contributed by atoms with Crippen LogP contribution >= 0.6 is 0 Å². The molecule has 142 valence electrons. The highest BCUT2D eigenvalue weighted by Crippen LogP contribution is 2.20. The lowest BCUT2D eigenvalue weighted by Crippen LogP contribution is -2.30. The Morgan fingerprint density at radius 3 is 2.44 bits per heavy atom. The molecule has 0 aliphatic heterocycles. The Labute approximate surface area is 159 Å². The minimum absolute atomic E-state index is 0.0571. The first kappa shape index (κ1) is 19.1. The van der Waals surface area contributed by atoms with Crippen molar-refractivity contribution in [2.24, 2.45) is 0 Å². The normalized spacial score (nSPS) is 12.9. The molecule has 0 bridgehead atoms. The lowest BCUT2D eigenvalue weighted by Gasteiger charge is -2.25. The number of hydrogen-bond donors (Lipinski definition) is 0. The molecular formula is C19H22N4O3S. The van der Waals surface area contributed by atoms with Gasteiger partial charge in [-0.25, -0.2) is 9.67 Å². The second-order valence-corrected chi connectivity index (χ2v) is 7.94. The minimum Gasteiger partial charge on any atom is -0.382 e. The van der Waals surface area contributed by atoms with Gasteiger partial charge >= 0.3 is 10.1 Å². The predicted octanol–water partition coefficient (Wildman–Crippen LogP) is 2.67. The highest BCUT2D eigenvalue weighted by molar-refractivity contribution is 7.87. The molecule has 0 fully saturated rings. The molecule has 0 spiro atoms. The van der Waals surface area contributed by atoms with Crippen LogP contribution in [-0.4, -0.2) is 47.4 Å². The second-order valence-electron chi connectivity index (χ2n) is 6.25. The lowest BCUT2D eigenvalue weighted by atomic mass is 10.1. The van der Waals surface area contributed by atoms with Crippen LogP contribution in [0, 0.1) is 0 Å². The summed E-state index contributed by atoms with van der Waals surface area (Å²) >= 11 is 0. The van der Waals surface area contributed by atoms with Gasteiger partial charge in [-0.15, -0.1) is 0 Å². The molecule has 8 heteroatoms. The molecule has 27 heavy (non-hydrogen) atoms. The van der Waals surface area contributed by atoms with E-state index in [9.17, 15) is 8.42 Å². The molecule has 1 atom stereocenters. The lowest BCUT2D eigenvalue weighted by molar-refractivity contribution is 0.275. The molecule has 0 saturated carbocycles. The van der Waals surface area contributed by atoms with E-state index in [0.29, 0.717) is 12.3 Å². The summed E-state index contributed by atoms with van der Waals surface area (Å²) in [6.07, 6.45) is 3.13. The van der Waals surface area contributed by atoms with Gasteiger partial charge in [0.15, 0.2) is 0 Å². The molecule has 0 aliphatic carbocycles. The summed E-state index contributed by atoms with van der Waals surface area (Å²) in [5.74, 6) is 0.247. The van der Waals surface area contributed by atoms with E-state index >= 15 is 0 Å². The van der Waals surface area contributed by atoms with E-state index in [2.05, 4.69) is 10.1 Å². The van der Waals surface area contributed by atoms with Crippen molar-refractivity contribution in [3.63, 3.8) is 0 Å². The van der Waals surface area contributed by atoms with E-state index in [1.54, 1.807) is 35.3 Å². The maximum atomic E-state index is 12.2. The molecule has 0 radical (unpaired) electrons. The Bertz CT molecular complexity index is 942. The van der Waals surface area contributed by atoms with Crippen LogP contribution in [0.1, 0.15) is 18.5 Å².